The second-order valence-electron chi connectivity index (χ2n) is 4.38. The van der Waals surface area contributed by atoms with Crippen molar-refractivity contribution in [2.24, 2.45) is 0 Å². The number of unbranched alkanes of at least 4 members (excludes halogenated alkanes) is 2. The molecule has 19 heavy (non-hydrogen) atoms. The van der Waals surface area contributed by atoms with Crippen LogP contribution < -0.4 is 14.8 Å². The number of methoxy groups -OCH3 is 3. The third-order valence-corrected chi connectivity index (χ3v) is 3.00. The molecule has 0 radical (unpaired) electrons. The Kier molecular flexibility index (Phi) is 8.02. The van der Waals surface area contributed by atoms with Gasteiger partial charge >= 0.3 is 0 Å². The fraction of sp³-hybridized carbons (Fsp3) is 0.600. The fourth-order valence-corrected chi connectivity index (χ4v) is 1.99. The van der Waals surface area contributed by atoms with Crippen LogP contribution in [0.15, 0.2) is 18.2 Å². The van der Waals surface area contributed by atoms with Crippen LogP contribution in [0, 0.1) is 0 Å². The molecule has 4 nitrogen and oxygen atoms in total. The number of hydrogen-bond donors (Lipinski definition) is 1. The van der Waals surface area contributed by atoms with Crippen molar-refractivity contribution in [2.75, 3.05) is 34.5 Å². The molecule has 0 bridgehead atoms. The Labute approximate surface area is 116 Å². The monoisotopic (exact) mass is 267 g/mol. The van der Waals surface area contributed by atoms with Gasteiger partial charge in [0.1, 0.15) is 0 Å². The molecule has 0 aliphatic carbocycles. The minimum Gasteiger partial charge on any atom is -0.493 e. The van der Waals surface area contributed by atoms with Crippen LogP contribution in [0.5, 0.6) is 11.5 Å². The van der Waals surface area contributed by atoms with Crippen LogP contribution in [0.3, 0.4) is 0 Å². The van der Waals surface area contributed by atoms with Crippen molar-refractivity contribution in [3.8, 4) is 11.5 Å². The summed E-state index contributed by atoms with van der Waals surface area (Å²) in [7, 11) is 5.07. The maximum atomic E-state index is 5.40. The predicted molar refractivity (Wildman–Crippen MR) is 77.0 cm³/mol. The Morgan fingerprint density at radius 2 is 1.84 bits per heavy atom. The van der Waals surface area contributed by atoms with Crippen LogP contribution >= 0.6 is 0 Å². The van der Waals surface area contributed by atoms with Crippen LogP contribution in [0.4, 0.5) is 0 Å². The summed E-state index contributed by atoms with van der Waals surface area (Å²) in [5, 5.41) is 3.43. The molecule has 0 amide bonds. The van der Waals surface area contributed by atoms with Crippen LogP contribution in [0.25, 0.3) is 0 Å². The lowest BCUT2D eigenvalue weighted by atomic mass is 10.1. The Morgan fingerprint density at radius 1 is 1.00 bits per heavy atom. The summed E-state index contributed by atoms with van der Waals surface area (Å²) in [6, 6.07) is 5.95. The molecule has 4 heteroatoms. The van der Waals surface area contributed by atoms with Gasteiger partial charge in [-0.1, -0.05) is 12.1 Å². The topological polar surface area (TPSA) is 39.7 Å². The first kappa shape index (κ1) is 15.8. The maximum Gasteiger partial charge on any atom is 0.165 e. The lowest BCUT2D eigenvalue weighted by Gasteiger charge is -2.13. The molecule has 0 saturated carbocycles. The quantitative estimate of drug-likeness (QED) is 0.661. The molecule has 1 rings (SSSR count). The molecule has 1 aromatic carbocycles. The molecule has 1 N–H and O–H groups in total. The molecule has 0 fully saturated rings. The van der Waals surface area contributed by atoms with Crippen molar-refractivity contribution in [3.05, 3.63) is 23.8 Å². The van der Waals surface area contributed by atoms with Crippen LogP contribution in [-0.4, -0.2) is 34.5 Å². The van der Waals surface area contributed by atoms with E-state index in [0.29, 0.717) is 0 Å². The fourth-order valence-electron chi connectivity index (χ4n) is 1.99. The Morgan fingerprint density at radius 3 is 2.53 bits per heavy atom. The van der Waals surface area contributed by atoms with Gasteiger partial charge in [-0.2, -0.15) is 0 Å². The van der Waals surface area contributed by atoms with E-state index >= 15 is 0 Å². The molecule has 0 aromatic heterocycles. The molecule has 0 saturated heterocycles. The zero-order valence-corrected chi connectivity index (χ0v) is 12.2. The van der Waals surface area contributed by atoms with Crippen LogP contribution in [-0.2, 0) is 11.3 Å². The van der Waals surface area contributed by atoms with Gasteiger partial charge in [-0.15, -0.1) is 0 Å². The zero-order valence-electron chi connectivity index (χ0n) is 12.2. The maximum absolute atomic E-state index is 5.40. The summed E-state index contributed by atoms with van der Waals surface area (Å²) >= 11 is 0. The largest absolute Gasteiger partial charge is 0.493 e. The van der Waals surface area contributed by atoms with E-state index < -0.39 is 0 Å². The molecule has 108 valence electrons. The van der Waals surface area contributed by atoms with E-state index in [1.165, 1.54) is 6.42 Å². The van der Waals surface area contributed by atoms with E-state index in [9.17, 15) is 0 Å². The third-order valence-electron chi connectivity index (χ3n) is 3.00. The highest BCUT2D eigenvalue weighted by atomic mass is 16.5. The molecule has 0 unspecified atom stereocenters. The molecular formula is C15H25NO3. The van der Waals surface area contributed by atoms with E-state index in [1.54, 1.807) is 21.3 Å². The molecule has 0 aliphatic heterocycles. The first-order valence-corrected chi connectivity index (χ1v) is 6.73. The van der Waals surface area contributed by atoms with Gasteiger partial charge in [-0.05, 0) is 31.9 Å². The van der Waals surface area contributed by atoms with Gasteiger partial charge in [-0.3, -0.25) is 0 Å². The van der Waals surface area contributed by atoms with E-state index in [-0.39, 0.29) is 0 Å². The van der Waals surface area contributed by atoms with Gasteiger partial charge in [0, 0.05) is 25.8 Å². The first-order valence-electron chi connectivity index (χ1n) is 6.73. The number of benzene rings is 1. The second-order valence-corrected chi connectivity index (χ2v) is 4.38. The van der Waals surface area contributed by atoms with Gasteiger partial charge in [0.05, 0.1) is 14.2 Å². The molecule has 0 heterocycles. The number of hydrogen-bond acceptors (Lipinski definition) is 4. The number of nitrogens with one attached hydrogen (secondary N) is 1. The van der Waals surface area contributed by atoms with Crippen molar-refractivity contribution in [3.63, 3.8) is 0 Å². The summed E-state index contributed by atoms with van der Waals surface area (Å²) in [5.41, 5.74) is 1.12. The molecule has 0 aliphatic rings. The molecule has 1 aromatic rings. The van der Waals surface area contributed by atoms with Gasteiger partial charge in [0.2, 0.25) is 0 Å². The lowest BCUT2D eigenvalue weighted by molar-refractivity contribution is 0.192. The number of para-hydroxylation sites is 1. The van der Waals surface area contributed by atoms with E-state index in [2.05, 4.69) is 11.4 Å². The minimum atomic E-state index is 0.780. The van der Waals surface area contributed by atoms with Gasteiger partial charge < -0.3 is 19.5 Å². The van der Waals surface area contributed by atoms with Crippen molar-refractivity contribution in [1.29, 1.82) is 0 Å². The van der Waals surface area contributed by atoms with E-state index in [0.717, 1.165) is 49.6 Å². The summed E-state index contributed by atoms with van der Waals surface area (Å²) < 4.78 is 15.7. The highest BCUT2D eigenvalue weighted by molar-refractivity contribution is 5.46. The average Bonchev–Trinajstić information content (AvgIpc) is 2.45. The minimum absolute atomic E-state index is 0.780. The van der Waals surface area contributed by atoms with E-state index in [1.807, 2.05) is 12.1 Å². The standard InChI is InChI=1S/C15H25NO3/c1-17-11-6-4-5-10-16-12-13-8-7-9-14(18-2)15(13)19-3/h7-9,16H,4-6,10-12H2,1-3H3. The van der Waals surface area contributed by atoms with E-state index in [4.69, 9.17) is 14.2 Å². The first-order chi connectivity index (χ1) is 9.33. The van der Waals surface area contributed by atoms with Crippen molar-refractivity contribution < 1.29 is 14.2 Å². The SMILES string of the molecule is COCCCCCNCc1cccc(OC)c1OC. The van der Waals surface area contributed by atoms with Crippen LogP contribution in [0.1, 0.15) is 24.8 Å². The van der Waals surface area contributed by atoms with Gasteiger partial charge in [-0.25, -0.2) is 0 Å². The predicted octanol–water partition coefficient (Wildman–Crippen LogP) is 2.61. The Bertz CT molecular complexity index is 355. The summed E-state index contributed by atoms with van der Waals surface area (Å²) in [4.78, 5) is 0. The zero-order chi connectivity index (χ0) is 13.9. The Balaban J connectivity index is 2.33. The normalized spacial score (nSPS) is 10.5. The highest BCUT2D eigenvalue weighted by Crippen LogP contribution is 2.30. The third kappa shape index (κ3) is 5.49. The summed E-state index contributed by atoms with van der Waals surface area (Å²) in [5.74, 6) is 1.60. The lowest BCUT2D eigenvalue weighted by Crippen LogP contribution is -2.15. The van der Waals surface area contributed by atoms with Crippen molar-refractivity contribution >= 4 is 0 Å². The molecular weight excluding hydrogens is 242 g/mol. The average molecular weight is 267 g/mol. The Hall–Kier alpha value is -1.26. The summed E-state index contributed by atoms with van der Waals surface area (Å²) in [6.45, 7) is 2.65. The van der Waals surface area contributed by atoms with Crippen molar-refractivity contribution in [2.45, 2.75) is 25.8 Å². The van der Waals surface area contributed by atoms with Gasteiger partial charge in [0.25, 0.3) is 0 Å². The van der Waals surface area contributed by atoms with Gasteiger partial charge in [0.15, 0.2) is 11.5 Å². The highest BCUT2D eigenvalue weighted by Gasteiger charge is 2.08. The number of rotatable bonds is 10. The second kappa shape index (κ2) is 9.64. The van der Waals surface area contributed by atoms with Crippen molar-refractivity contribution in [1.82, 2.24) is 5.32 Å². The summed E-state index contributed by atoms with van der Waals surface area (Å²) in [6.07, 6.45) is 3.48. The smallest absolute Gasteiger partial charge is 0.165 e. The number of ether oxygens (including phenoxy) is 3. The molecule has 0 atom stereocenters. The van der Waals surface area contributed by atoms with Crippen LogP contribution in [0.2, 0.25) is 0 Å². The molecule has 0 spiro atoms.